The lowest BCUT2D eigenvalue weighted by Crippen LogP contribution is -2.49. The molecule has 6 heteroatoms. The highest BCUT2D eigenvalue weighted by Crippen LogP contribution is 2.41. The molecule has 1 saturated heterocycles. The topological polar surface area (TPSA) is 75.4 Å². The number of fused-ring (bicyclic) bond motifs is 2. The van der Waals surface area contributed by atoms with E-state index in [4.69, 9.17) is 5.73 Å². The van der Waals surface area contributed by atoms with E-state index in [0.29, 0.717) is 30.8 Å². The molecule has 3 fully saturated rings. The third-order valence-corrected chi connectivity index (χ3v) is 6.57. The molecule has 5 nitrogen and oxygen atoms in total. The van der Waals surface area contributed by atoms with Gasteiger partial charge in [0.05, 0.1) is 0 Å². The molecule has 1 aliphatic heterocycles. The third kappa shape index (κ3) is 4.30. The molecule has 1 heterocycles. The van der Waals surface area contributed by atoms with Gasteiger partial charge in [0.15, 0.2) is 0 Å². The number of hydrogen-bond acceptors (Lipinski definition) is 3. The first kappa shape index (κ1) is 20.2. The van der Waals surface area contributed by atoms with E-state index in [2.05, 4.69) is 5.32 Å². The zero-order valence-corrected chi connectivity index (χ0v) is 16.5. The van der Waals surface area contributed by atoms with Crippen molar-refractivity contribution in [2.75, 3.05) is 11.4 Å². The van der Waals surface area contributed by atoms with Crippen LogP contribution in [0.4, 0.5) is 5.69 Å². The molecule has 3 N–H and O–H groups in total. The van der Waals surface area contributed by atoms with Crippen LogP contribution in [0.1, 0.15) is 50.5 Å². The average Bonchev–Trinajstić information content (AvgIpc) is 3.06. The number of anilines is 1. The number of hydrogen-bond donors (Lipinski definition) is 2. The van der Waals surface area contributed by atoms with Crippen LogP contribution in [0, 0.1) is 17.8 Å². The normalized spacial score (nSPS) is 30.0. The van der Waals surface area contributed by atoms with Crippen LogP contribution in [0.2, 0.25) is 0 Å². The summed E-state index contributed by atoms with van der Waals surface area (Å²) in [6.07, 6.45) is 7.09. The van der Waals surface area contributed by atoms with Gasteiger partial charge in [-0.1, -0.05) is 18.6 Å². The van der Waals surface area contributed by atoms with Crippen molar-refractivity contribution in [1.29, 1.82) is 0 Å². The Morgan fingerprint density at radius 3 is 2.37 bits per heavy atom. The summed E-state index contributed by atoms with van der Waals surface area (Å²) in [5.74, 6) is 1.54. The van der Waals surface area contributed by atoms with Crippen LogP contribution in [0.25, 0.3) is 0 Å². The van der Waals surface area contributed by atoms with E-state index in [1.54, 1.807) is 0 Å². The summed E-state index contributed by atoms with van der Waals surface area (Å²) in [6.45, 7) is 1.35. The number of benzene rings is 1. The van der Waals surface area contributed by atoms with Crippen LogP contribution in [-0.2, 0) is 16.1 Å². The fraction of sp³-hybridized carbons (Fsp3) is 0.619. The lowest BCUT2D eigenvalue weighted by atomic mass is 9.65. The Morgan fingerprint density at radius 1 is 1.11 bits per heavy atom. The van der Waals surface area contributed by atoms with Gasteiger partial charge in [0.1, 0.15) is 0 Å². The molecule has 2 unspecified atom stereocenters. The smallest absolute Gasteiger partial charge is 0.227 e. The number of rotatable bonds is 4. The van der Waals surface area contributed by atoms with Crippen molar-refractivity contribution in [3.63, 3.8) is 0 Å². The maximum atomic E-state index is 12.6. The second-order valence-corrected chi connectivity index (χ2v) is 8.23. The Kier molecular flexibility index (Phi) is 6.43. The molecule has 4 rings (SSSR count). The average molecular weight is 392 g/mol. The van der Waals surface area contributed by atoms with E-state index in [0.717, 1.165) is 37.1 Å². The molecule has 1 aromatic rings. The highest BCUT2D eigenvalue weighted by Gasteiger charge is 2.40. The van der Waals surface area contributed by atoms with Crippen LogP contribution in [0.15, 0.2) is 24.3 Å². The number of carbonyl (C=O) groups is 2. The Balaban J connectivity index is 0.00000210. The van der Waals surface area contributed by atoms with Gasteiger partial charge in [-0.3, -0.25) is 9.59 Å². The molecule has 2 atom stereocenters. The van der Waals surface area contributed by atoms with Crippen molar-refractivity contribution in [2.24, 2.45) is 23.5 Å². The van der Waals surface area contributed by atoms with E-state index < -0.39 is 0 Å². The standard InChI is InChI=1S/C21H29N3O2.ClH/c22-20-15-3-1-4-16(20)12-17(11-15)21(26)23-13-14-6-8-18(9-7-14)24-10-2-5-19(24)25;/h6-9,15-17,20H,1-5,10-13,22H2,(H,23,26);1H. The summed E-state index contributed by atoms with van der Waals surface area (Å²) in [5, 5.41) is 3.11. The number of nitrogens with two attached hydrogens (primary N) is 1. The van der Waals surface area contributed by atoms with Gasteiger partial charge in [0.25, 0.3) is 0 Å². The minimum Gasteiger partial charge on any atom is -0.352 e. The number of nitrogens with one attached hydrogen (secondary N) is 1. The maximum Gasteiger partial charge on any atom is 0.227 e. The van der Waals surface area contributed by atoms with Gasteiger partial charge in [-0.2, -0.15) is 0 Å². The van der Waals surface area contributed by atoms with Crippen LogP contribution in [-0.4, -0.2) is 24.4 Å². The van der Waals surface area contributed by atoms with Crippen molar-refractivity contribution < 1.29 is 9.59 Å². The van der Waals surface area contributed by atoms with E-state index in [1.807, 2.05) is 29.2 Å². The quantitative estimate of drug-likeness (QED) is 0.828. The van der Waals surface area contributed by atoms with Gasteiger partial charge in [0, 0.05) is 37.2 Å². The Labute approximate surface area is 167 Å². The highest BCUT2D eigenvalue weighted by molar-refractivity contribution is 5.95. The molecule has 148 valence electrons. The first-order valence-corrected chi connectivity index (χ1v) is 10.0. The molecule has 0 aromatic heterocycles. The molecule has 2 aliphatic carbocycles. The molecule has 0 radical (unpaired) electrons. The largest absolute Gasteiger partial charge is 0.352 e. The van der Waals surface area contributed by atoms with Gasteiger partial charge < -0.3 is 16.0 Å². The van der Waals surface area contributed by atoms with Crippen molar-refractivity contribution in [1.82, 2.24) is 5.32 Å². The molecule has 3 aliphatic rings. The van der Waals surface area contributed by atoms with Crippen molar-refractivity contribution in [2.45, 2.75) is 57.5 Å². The third-order valence-electron chi connectivity index (χ3n) is 6.57. The molecular formula is C21H30ClN3O2. The maximum absolute atomic E-state index is 12.6. The molecule has 1 aromatic carbocycles. The van der Waals surface area contributed by atoms with Gasteiger partial charge in [-0.15, -0.1) is 12.4 Å². The Hall–Kier alpha value is -1.59. The van der Waals surface area contributed by atoms with E-state index in [-0.39, 0.29) is 30.1 Å². The van der Waals surface area contributed by atoms with Crippen molar-refractivity contribution in [3.05, 3.63) is 29.8 Å². The fourth-order valence-electron chi connectivity index (χ4n) is 5.05. The summed E-state index contributed by atoms with van der Waals surface area (Å²) in [7, 11) is 0. The van der Waals surface area contributed by atoms with Crippen molar-refractivity contribution >= 4 is 29.9 Å². The molecule has 0 spiro atoms. The zero-order valence-electron chi connectivity index (χ0n) is 15.7. The van der Waals surface area contributed by atoms with Crippen LogP contribution in [0.5, 0.6) is 0 Å². The molecule has 2 amide bonds. The predicted octanol–water partition coefficient (Wildman–Crippen LogP) is 3.01. The molecule has 2 bridgehead atoms. The van der Waals surface area contributed by atoms with Gasteiger partial charge >= 0.3 is 0 Å². The minimum absolute atomic E-state index is 0. The Bertz CT molecular complexity index is 665. The lowest BCUT2D eigenvalue weighted by Gasteiger charge is -2.43. The number of carbonyl (C=O) groups excluding carboxylic acids is 2. The first-order chi connectivity index (χ1) is 12.6. The molecule has 27 heavy (non-hydrogen) atoms. The predicted molar refractivity (Wildman–Crippen MR) is 109 cm³/mol. The zero-order chi connectivity index (χ0) is 18.1. The van der Waals surface area contributed by atoms with Crippen LogP contribution in [0.3, 0.4) is 0 Å². The number of halogens is 1. The summed E-state index contributed by atoms with van der Waals surface area (Å²) in [4.78, 5) is 26.3. The van der Waals surface area contributed by atoms with E-state index >= 15 is 0 Å². The van der Waals surface area contributed by atoms with Crippen LogP contribution < -0.4 is 16.0 Å². The van der Waals surface area contributed by atoms with Gasteiger partial charge in [-0.05, 0) is 61.6 Å². The highest BCUT2D eigenvalue weighted by atomic mass is 35.5. The van der Waals surface area contributed by atoms with Gasteiger partial charge in [0.2, 0.25) is 11.8 Å². The van der Waals surface area contributed by atoms with Crippen molar-refractivity contribution in [3.8, 4) is 0 Å². The summed E-state index contributed by atoms with van der Waals surface area (Å²) < 4.78 is 0. The summed E-state index contributed by atoms with van der Waals surface area (Å²) in [5.41, 5.74) is 8.35. The Morgan fingerprint density at radius 2 is 1.78 bits per heavy atom. The van der Waals surface area contributed by atoms with E-state index in [9.17, 15) is 9.59 Å². The second kappa shape index (κ2) is 8.61. The minimum atomic E-state index is 0. The lowest BCUT2D eigenvalue weighted by molar-refractivity contribution is -0.128. The summed E-state index contributed by atoms with van der Waals surface area (Å²) in [6, 6.07) is 8.27. The summed E-state index contributed by atoms with van der Waals surface area (Å²) >= 11 is 0. The molecular weight excluding hydrogens is 362 g/mol. The second-order valence-electron chi connectivity index (χ2n) is 8.23. The van der Waals surface area contributed by atoms with Gasteiger partial charge in [-0.25, -0.2) is 0 Å². The number of amides is 2. The number of nitrogens with zero attached hydrogens (tertiary/aromatic N) is 1. The monoisotopic (exact) mass is 391 g/mol. The molecule has 2 saturated carbocycles. The SMILES string of the molecule is Cl.NC1C2CCCC1CC(C(=O)NCc1ccc(N3CCCC3=O)cc1)C2. The fourth-order valence-corrected chi connectivity index (χ4v) is 5.05. The first-order valence-electron chi connectivity index (χ1n) is 10.0. The van der Waals surface area contributed by atoms with E-state index in [1.165, 1.54) is 19.3 Å². The van der Waals surface area contributed by atoms with Crippen LogP contribution >= 0.6 is 12.4 Å².